The van der Waals surface area contributed by atoms with E-state index in [0.717, 1.165) is 11.3 Å². The summed E-state index contributed by atoms with van der Waals surface area (Å²) in [6, 6.07) is 12.1. The number of fused-ring (bicyclic) bond motifs is 1. The van der Waals surface area contributed by atoms with E-state index < -0.39 is 10.0 Å². The van der Waals surface area contributed by atoms with Crippen LogP contribution in [0.3, 0.4) is 0 Å². The first-order chi connectivity index (χ1) is 11.1. The van der Waals surface area contributed by atoms with Crippen LogP contribution in [-0.2, 0) is 16.4 Å². The van der Waals surface area contributed by atoms with Crippen molar-refractivity contribution in [3.8, 4) is 5.75 Å². The standard InChI is InChI=1S/C16H17N3O3S/c1-22-14-5-7-15(8-6-14)23(20,21)18-10-9-16-17-12-13-4-2-3-11-19(13)16/h2-8,11-12,18H,9-10H2,1H3. The Bertz CT molecular complexity index is 902. The predicted molar refractivity (Wildman–Crippen MR) is 87.1 cm³/mol. The van der Waals surface area contributed by atoms with Gasteiger partial charge in [0.25, 0.3) is 0 Å². The van der Waals surface area contributed by atoms with Crippen molar-refractivity contribution >= 4 is 15.5 Å². The molecule has 1 aromatic carbocycles. The fourth-order valence-corrected chi connectivity index (χ4v) is 3.35. The Morgan fingerprint density at radius 3 is 2.70 bits per heavy atom. The van der Waals surface area contributed by atoms with Gasteiger partial charge in [-0.25, -0.2) is 18.1 Å². The average molecular weight is 331 g/mol. The monoisotopic (exact) mass is 331 g/mol. The molecule has 0 atom stereocenters. The van der Waals surface area contributed by atoms with Gasteiger partial charge in [-0.1, -0.05) is 6.07 Å². The summed E-state index contributed by atoms with van der Waals surface area (Å²) in [4.78, 5) is 4.54. The van der Waals surface area contributed by atoms with Crippen LogP contribution in [0.5, 0.6) is 5.75 Å². The number of hydrogen-bond donors (Lipinski definition) is 1. The molecule has 0 unspecified atom stereocenters. The summed E-state index contributed by atoms with van der Waals surface area (Å²) in [5.41, 5.74) is 0.987. The van der Waals surface area contributed by atoms with E-state index in [0.29, 0.717) is 12.2 Å². The Labute approximate surface area is 134 Å². The first-order valence-electron chi connectivity index (χ1n) is 7.15. The maximum atomic E-state index is 12.2. The zero-order chi connectivity index (χ0) is 16.3. The average Bonchev–Trinajstić information content (AvgIpc) is 2.98. The number of aromatic nitrogens is 2. The van der Waals surface area contributed by atoms with E-state index in [4.69, 9.17) is 4.74 Å². The summed E-state index contributed by atoms with van der Waals surface area (Å²) in [5.74, 6) is 1.44. The Morgan fingerprint density at radius 1 is 1.17 bits per heavy atom. The summed E-state index contributed by atoms with van der Waals surface area (Å²) in [6.07, 6.45) is 4.19. The number of rotatable bonds is 6. The minimum absolute atomic E-state index is 0.214. The van der Waals surface area contributed by atoms with Crippen molar-refractivity contribution in [2.45, 2.75) is 11.3 Å². The molecule has 0 fully saturated rings. The summed E-state index contributed by atoms with van der Waals surface area (Å²) in [5, 5.41) is 0. The third-order valence-corrected chi connectivity index (χ3v) is 5.00. The predicted octanol–water partition coefficient (Wildman–Crippen LogP) is 1.86. The number of pyridine rings is 1. The number of nitrogens with one attached hydrogen (secondary N) is 1. The molecule has 0 saturated carbocycles. The number of imidazole rings is 1. The normalized spacial score (nSPS) is 11.7. The summed E-state index contributed by atoms with van der Waals surface area (Å²) < 4.78 is 34.1. The molecule has 1 N–H and O–H groups in total. The zero-order valence-corrected chi connectivity index (χ0v) is 13.5. The molecule has 0 aliphatic rings. The zero-order valence-electron chi connectivity index (χ0n) is 12.6. The lowest BCUT2D eigenvalue weighted by Crippen LogP contribution is -2.26. The molecule has 23 heavy (non-hydrogen) atoms. The van der Waals surface area contributed by atoms with E-state index in [2.05, 4.69) is 9.71 Å². The van der Waals surface area contributed by atoms with E-state index >= 15 is 0 Å². The molecule has 2 aromatic heterocycles. The number of nitrogens with zero attached hydrogens (tertiary/aromatic N) is 2. The van der Waals surface area contributed by atoms with E-state index in [1.165, 1.54) is 19.2 Å². The van der Waals surface area contributed by atoms with Gasteiger partial charge in [-0.2, -0.15) is 0 Å². The van der Waals surface area contributed by atoms with Gasteiger partial charge in [-0.3, -0.25) is 0 Å². The highest BCUT2D eigenvalue weighted by molar-refractivity contribution is 7.89. The van der Waals surface area contributed by atoms with Crippen LogP contribution in [0, 0.1) is 0 Å². The van der Waals surface area contributed by atoms with Crippen molar-refractivity contribution in [3.63, 3.8) is 0 Å². The van der Waals surface area contributed by atoms with Gasteiger partial charge in [0.2, 0.25) is 10.0 Å². The SMILES string of the molecule is COc1ccc(S(=O)(=O)NCCc2ncc3ccccn23)cc1. The lowest BCUT2D eigenvalue weighted by Gasteiger charge is -2.07. The molecule has 0 aliphatic carbocycles. The van der Waals surface area contributed by atoms with Crippen molar-refractivity contribution in [2.75, 3.05) is 13.7 Å². The molecular weight excluding hydrogens is 314 g/mol. The Balaban J connectivity index is 1.67. The third kappa shape index (κ3) is 3.35. The van der Waals surface area contributed by atoms with Crippen LogP contribution in [0.4, 0.5) is 0 Å². The molecule has 120 valence electrons. The molecule has 0 aliphatic heterocycles. The fourth-order valence-electron chi connectivity index (χ4n) is 2.32. The quantitative estimate of drug-likeness (QED) is 0.748. The summed E-state index contributed by atoms with van der Waals surface area (Å²) in [7, 11) is -2.00. The molecule has 3 aromatic rings. The topological polar surface area (TPSA) is 72.7 Å². The Morgan fingerprint density at radius 2 is 1.96 bits per heavy atom. The van der Waals surface area contributed by atoms with Crippen molar-refractivity contribution in [3.05, 3.63) is 60.7 Å². The number of sulfonamides is 1. The van der Waals surface area contributed by atoms with Gasteiger partial charge < -0.3 is 9.14 Å². The summed E-state index contributed by atoms with van der Waals surface area (Å²) in [6.45, 7) is 0.280. The number of methoxy groups -OCH3 is 1. The van der Waals surface area contributed by atoms with Gasteiger partial charge in [-0.15, -0.1) is 0 Å². The number of hydrogen-bond acceptors (Lipinski definition) is 4. The molecule has 0 amide bonds. The van der Waals surface area contributed by atoms with E-state index in [1.54, 1.807) is 18.3 Å². The van der Waals surface area contributed by atoms with Crippen LogP contribution in [0.25, 0.3) is 5.52 Å². The van der Waals surface area contributed by atoms with Gasteiger partial charge in [-0.05, 0) is 36.4 Å². The maximum absolute atomic E-state index is 12.2. The molecule has 7 heteroatoms. The molecule has 2 heterocycles. The van der Waals surface area contributed by atoms with Gasteiger partial charge >= 0.3 is 0 Å². The highest BCUT2D eigenvalue weighted by Gasteiger charge is 2.14. The maximum Gasteiger partial charge on any atom is 0.240 e. The third-order valence-electron chi connectivity index (χ3n) is 3.53. The van der Waals surface area contributed by atoms with E-state index in [9.17, 15) is 8.42 Å². The van der Waals surface area contributed by atoms with Crippen LogP contribution in [0.15, 0.2) is 59.8 Å². The van der Waals surface area contributed by atoms with Crippen molar-refractivity contribution < 1.29 is 13.2 Å². The van der Waals surface area contributed by atoms with Crippen molar-refractivity contribution in [1.29, 1.82) is 0 Å². The van der Waals surface area contributed by atoms with Gasteiger partial charge in [0.05, 0.1) is 23.7 Å². The smallest absolute Gasteiger partial charge is 0.240 e. The van der Waals surface area contributed by atoms with E-state index in [-0.39, 0.29) is 11.4 Å². The lowest BCUT2D eigenvalue weighted by atomic mass is 10.3. The molecular formula is C16H17N3O3S. The molecule has 0 saturated heterocycles. The van der Waals surface area contributed by atoms with Gasteiger partial charge in [0.1, 0.15) is 11.6 Å². The molecule has 6 nitrogen and oxygen atoms in total. The number of ether oxygens (including phenoxy) is 1. The van der Waals surface area contributed by atoms with Crippen LogP contribution >= 0.6 is 0 Å². The van der Waals surface area contributed by atoms with Crippen LogP contribution < -0.4 is 9.46 Å². The van der Waals surface area contributed by atoms with Crippen LogP contribution in [-0.4, -0.2) is 31.5 Å². The fraction of sp³-hybridized carbons (Fsp3) is 0.188. The van der Waals surface area contributed by atoms with Crippen LogP contribution in [0.1, 0.15) is 5.82 Å². The second kappa shape index (κ2) is 6.39. The summed E-state index contributed by atoms with van der Waals surface area (Å²) >= 11 is 0. The van der Waals surface area contributed by atoms with Gasteiger partial charge in [0, 0.05) is 19.2 Å². The van der Waals surface area contributed by atoms with Gasteiger partial charge in [0.15, 0.2) is 0 Å². The number of benzene rings is 1. The molecule has 3 rings (SSSR count). The second-order valence-corrected chi connectivity index (χ2v) is 6.76. The van der Waals surface area contributed by atoms with Crippen molar-refractivity contribution in [1.82, 2.24) is 14.1 Å². The highest BCUT2D eigenvalue weighted by atomic mass is 32.2. The van der Waals surface area contributed by atoms with E-state index in [1.807, 2.05) is 28.8 Å². The molecule has 0 radical (unpaired) electrons. The second-order valence-electron chi connectivity index (χ2n) is 4.99. The molecule has 0 spiro atoms. The molecule has 0 bridgehead atoms. The van der Waals surface area contributed by atoms with Crippen molar-refractivity contribution in [2.24, 2.45) is 0 Å². The minimum atomic E-state index is -3.53. The minimum Gasteiger partial charge on any atom is -0.497 e. The lowest BCUT2D eigenvalue weighted by molar-refractivity contribution is 0.414. The Hall–Kier alpha value is -2.38. The first kappa shape index (κ1) is 15.5. The first-order valence-corrected chi connectivity index (χ1v) is 8.63. The highest BCUT2D eigenvalue weighted by Crippen LogP contribution is 2.15. The largest absolute Gasteiger partial charge is 0.497 e. The van der Waals surface area contributed by atoms with Crippen LogP contribution in [0.2, 0.25) is 0 Å². The Kier molecular flexibility index (Phi) is 4.31.